The SMILES string of the molecule is CNCC(=O)Nc1nc(-c2ccc(-c3cc[nH]n3)cc2)cs1. The summed E-state index contributed by atoms with van der Waals surface area (Å²) in [6.45, 7) is 0.271. The smallest absolute Gasteiger partial charge is 0.240 e. The number of carbonyl (C=O) groups is 1. The summed E-state index contributed by atoms with van der Waals surface area (Å²) in [6.07, 6.45) is 1.80. The van der Waals surface area contributed by atoms with Crippen LogP contribution in [0.1, 0.15) is 0 Å². The topological polar surface area (TPSA) is 82.7 Å². The van der Waals surface area contributed by atoms with E-state index in [1.54, 1.807) is 13.2 Å². The van der Waals surface area contributed by atoms with Gasteiger partial charge in [-0.15, -0.1) is 11.3 Å². The van der Waals surface area contributed by atoms with Crippen LogP contribution in [-0.4, -0.2) is 34.7 Å². The van der Waals surface area contributed by atoms with Crippen molar-refractivity contribution in [1.29, 1.82) is 0 Å². The van der Waals surface area contributed by atoms with Crippen LogP contribution in [0.15, 0.2) is 41.9 Å². The van der Waals surface area contributed by atoms with Crippen LogP contribution >= 0.6 is 11.3 Å². The molecule has 0 spiro atoms. The van der Waals surface area contributed by atoms with Crippen LogP contribution in [0.3, 0.4) is 0 Å². The first-order valence-corrected chi connectivity index (χ1v) is 7.65. The first kappa shape index (κ1) is 14.4. The van der Waals surface area contributed by atoms with Gasteiger partial charge in [-0.25, -0.2) is 4.98 Å². The maximum absolute atomic E-state index is 11.5. The number of benzene rings is 1. The average Bonchev–Trinajstić information content (AvgIpc) is 3.19. The van der Waals surface area contributed by atoms with Crippen molar-refractivity contribution in [3.63, 3.8) is 0 Å². The Hall–Kier alpha value is -2.51. The summed E-state index contributed by atoms with van der Waals surface area (Å²) in [7, 11) is 1.73. The molecule has 0 saturated heterocycles. The normalized spacial score (nSPS) is 10.6. The lowest BCUT2D eigenvalue weighted by Crippen LogP contribution is -2.24. The largest absolute Gasteiger partial charge is 0.311 e. The molecule has 1 amide bonds. The highest BCUT2D eigenvalue weighted by atomic mass is 32.1. The number of aromatic nitrogens is 3. The van der Waals surface area contributed by atoms with E-state index < -0.39 is 0 Å². The summed E-state index contributed by atoms with van der Waals surface area (Å²) >= 11 is 1.41. The number of amides is 1. The molecule has 22 heavy (non-hydrogen) atoms. The monoisotopic (exact) mass is 313 g/mol. The summed E-state index contributed by atoms with van der Waals surface area (Å²) in [5.41, 5.74) is 3.80. The van der Waals surface area contributed by atoms with E-state index in [1.807, 2.05) is 35.7 Å². The molecule has 112 valence electrons. The summed E-state index contributed by atoms with van der Waals surface area (Å²) in [4.78, 5) is 15.9. The quantitative estimate of drug-likeness (QED) is 0.675. The van der Waals surface area contributed by atoms with Crippen LogP contribution in [0.5, 0.6) is 0 Å². The van der Waals surface area contributed by atoms with Gasteiger partial charge in [-0.05, 0) is 13.1 Å². The van der Waals surface area contributed by atoms with E-state index in [0.717, 1.165) is 22.5 Å². The Kier molecular flexibility index (Phi) is 4.27. The van der Waals surface area contributed by atoms with Crippen molar-refractivity contribution in [1.82, 2.24) is 20.5 Å². The third-order valence-corrected chi connectivity index (χ3v) is 3.82. The number of H-pyrrole nitrogens is 1. The summed E-state index contributed by atoms with van der Waals surface area (Å²) in [5.74, 6) is -0.0997. The van der Waals surface area contributed by atoms with Gasteiger partial charge in [0.05, 0.1) is 17.9 Å². The fourth-order valence-corrected chi connectivity index (χ4v) is 2.76. The van der Waals surface area contributed by atoms with Crippen molar-refractivity contribution < 1.29 is 4.79 Å². The van der Waals surface area contributed by atoms with E-state index in [-0.39, 0.29) is 12.5 Å². The molecule has 7 heteroatoms. The van der Waals surface area contributed by atoms with Crippen LogP contribution in [-0.2, 0) is 4.79 Å². The van der Waals surface area contributed by atoms with Gasteiger partial charge in [0.15, 0.2) is 5.13 Å². The van der Waals surface area contributed by atoms with Crippen molar-refractivity contribution in [3.05, 3.63) is 41.9 Å². The third kappa shape index (κ3) is 3.21. The Morgan fingerprint density at radius 1 is 1.18 bits per heavy atom. The summed E-state index contributed by atoms with van der Waals surface area (Å²) < 4.78 is 0. The van der Waals surface area contributed by atoms with Gasteiger partial charge >= 0.3 is 0 Å². The highest BCUT2D eigenvalue weighted by molar-refractivity contribution is 7.14. The molecule has 2 heterocycles. The zero-order valence-electron chi connectivity index (χ0n) is 12.0. The van der Waals surface area contributed by atoms with E-state index in [0.29, 0.717) is 5.13 Å². The van der Waals surface area contributed by atoms with E-state index >= 15 is 0 Å². The fourth-order valence-electron chi connectivity index (χ4n) is 2.02. The zero-order valence-corrected chi connectivity index (χ0v) is 12.8. The third-order valence-electron chi connectivity index (χ3n) is 3.07. The van der Waals surface area contributed by atoms with Crippen LogP contribution in [0.2, 0.25) is 0 Å². The highest BCUT2D eigenvalue weighted by Crippen LogP contribution is 2.26. The number of likely N-dealkylation sites (N-methyl/N-ethyl adjacent to an activating group) is 1. The van der Waals surface area contributed by atoms with Gasteiger partial charge in [-0.2, -0.15) is 5.10 Å². The molecular formula is C15H15N5OS. The van der Waals surface area contributed by atoms with Gasteiger partial charge in [0.2, 0.25) is 5.91 Å². The molecule has 0 fully saturated rings. The number of thiazole rings is 1. The Bertz CT molecular complexity index is 749. The molecular weight excluding hydrogens is 298 g/mol. The number of nitrogens with zero attached hydrogens (tertiary/aromatic N) is 2. The molecule has 1 aromatic carbocycles. The van der Waals surface area contributed by atoms with Crippen molar-refractivity contribution >= 4 is 22.4 Å². The van der Waals surface area contributed by atoms with Gasteiger partial charge in [0, 0.05) is 22.7 Å². The molecule has 0 aliphatic heterocycles. The molecule has 0 unspecified atom stereocenters. The van der Waals surface area contributed by atoms with E-state index in [9.17, 15) is 4.79 Å². The second-order valence-electron chi connectivity index (χ2n) is 4.65. The maximum Gasteiger partial charge on any atom is 0.240 e. The molecule has 0 saturated carbocycles. The Balaban J connectivity index is 1.74. The van der Waals surface area contributed by atoms with Gasteiger partial charge in [-0.1, -0.05) is 24.3 Å². The predicted octanol–water partition coefficient (Wildman–Crippen LogP) is 2.36. The standard InChI is InChI=1S/C15H15N5OS/c1-16-8-14(21)19-15-18-13(9-22-15)11-4-2-10(3-5-11)12-6-7-17-20-12/h2-7,9,16H,8H2,1H3,(H,17,20)(H,18,19,21). The lowest BCUT2D eigenvalue weighted by Gasteiger charge is -2.01. The molecule has 0 aliphatic carbocycles. The first-order chi connectivity index (χ1) is 10.8. The van der Waals surface area contributed by atoms with Gasteiger partial charge in [0.1, 0.15) is 0 Å². The second-order valence-corrected chi connectivity index (χ2v) is 5.51. The second kappa shape index (κ2) is 6.50. The first-order valence-electron chi connectivity index (χ1n) is 6.77. The summed E-state index contributed by atoms with van der Waals surface area (Å²) in [6, 6.07) is 9.93. The molecule has 0 bridgehead atoms. The predicted molar refractivity (Wildman–Crippen MR) is 87.7 cm³/mol. The highest BCUT2D eigenvalue weighted by Gasteiger charge is 2.08. The van der Waals surface area contributed by atoms with Gasteiger partial charge in [-0.3, -0.25) is 9.89 Å². The van der Waals surface area contributed by atoms with E-state index in [1.165, 1.54) is 11.3 Å². The summed E-state index contributed by atoms with van der Waals surface area (Å²) in [5, 5.41) is 15.0. The Morgan fingerprint density at radius 2 is 1.91 bits per heavy atom. The van der Waals surface area contributed by atoms with E-state index in [2.05, 4.69) is 25.8 Å². The molecule has 0 radical (unpaired) electrons. The van der Waals surface area contributed by atoms with Crippen molar-refractivity contribution in [2.45, 2.75) is 0 Å². The van der Waals surface area contributed by atoms with Crippen molar-refractivity contribution in [2.24, 2.45) is 0 Å². The fraction of sp³-hybridized carbons (Fsp3) is 0.133. The average molecular weight is 313 g/mol. The number of hydrogen-bond acceptors (Lipinski definition) is 5. The van der Waals surface area contributed by atoms with Crippen molar-refractivity contribution in [2.75, 3.05) is 18.9 Å². The Labute approximate surface area is 131 Å². The number of anilines is 1. The van der Waals surface area contributed by atoms with Crippen molar-refractivity contribution in [3.8, 4) is 22.5 Å². The van der Waals surface area contributed by atoms with Crippen LogP contribution in [0.4, 0.5) is 5.13 Å². The van der Waals surface area contributed by atoms with Gasteiger partial charge < -0.3 is 10.6 Å². The minimum atomic E-state index is -0.0997. The number of carbonyl (C=O) groups excluding carboxylic acids is 1. The number of aromatic amines is 1. The molecule has 6 nitrogen and oxygen atoms in total. The van der Waals surface area contributed by atoms with Gasteiger partial charge in [0.25, 0.3) is 0 Å². The lowest BCUT2D eigenvalue weighted by molar-refractivity contribution is -0.115. The lowest BCUT2D eigenvalue weighted by atomic mass is 10.1. The molecule has 3 rings (SSSR count). The number of rotatable bonds is 5. The number of nitrogens with one attached hydrogen (secondary N) is 3. The van der Waals surface area contributed by atoms with Crippen LogP contribution in [0, 0.1) is 0 Å². The van der Waals surface area contributed by atoms with E-state index in [4.69, 9.17) is 0 Å². The number of hydrogen-bond donors (Lipinski definition) is 3. The Morgan fingerprint density at radius 3 is 2.55 bits per heavy atom. The molecule has 3 N–H and O–H groups in total. The maximum atomic E-state index is 11.5. The molecule has 0 atom stereocenters. The molecule has 0 aliphatic rings. The zero-order chi connectivity index (χ0) is 15.4. The minimum absolute atomic E-state index is 0.0997. The molecule has 2 aromatic heterocycles. The van der Waals surface area contributed by atoms with Crippen LogP contribution in [0.25, 0.3) is 22.5 Å². The van der Waals surface area contributed by atoms with Crippen LogP contribution < -0.4 is 10.6 Å². The molecule has 3 aromatic rings. The minimum Gasteiger partial charge on any atom is -0.311 e.